The zero-order valence-electron chi connectivity index (χ0n) is 22.9. The molecule has 1 saturated heterocycles. The number of hydrogen-bond donors (Lipinski definition) is 1. The van der Waals surface area contributed by atoms with Gasteiger partial charge >= 0.3 is 6.03 Å². The van der Waals surface area contributed by atoms with Crippen molar-refractivity contribution in [1.82, 2.24) is 5.32 Å². The molecule has 0 aliphatic carbocycles. The number of fused-ring (bicyclic) bond motifs is 1. The van der Waals surface area contributed by atoms with Gasteiger partial charge in [0, 0.05) is 5.56 Å². The van der Waals surface area contributed by atoms with Crippen molar-refractivity contribution in [2.45, 2.75) is 34.3 Å². The van der Waals surface area contributed by atoms with E-state index in [0.717, 1.165) is 37.9 Å². The predicted octanol–water partition coefficient (Wildman–Crippen LogP) is 6.41. The van der Waals surface area contributed by atoms with Crippen LogP contribution in [0.5, 0.6) is 11.5 Å². The molecule has 0 bridgehead atoms. The zero-order chi connectivity index (χ0) is 28.4. The van der Waals surface area contributed by atoms with E-state index in [4.69, 9.17) is 9.47 Å². The maximum Gasteiger partial charge on any atom is 0.335 e. The van der Waals surface area contributed by atoms with Crippen LogP contribution in [0.2, 0.25) is 0 Å². The summed E-state index contributed by atoms with van der Waals surface area (Å²) >= 11 is 0. The fourth-order valence-electron chi connectivity index (χ4n) is 4.81. The molecule has 7 nitrogen and oxygen atoms in total. The topological polar surface area (TPSA) is 84.9 Å². The molecule has 1 N–H and O–H groups in total. The number of urea groups is 1. The summed E-state index contributed by atoms with van der Waals surface area (Å²) in [7, 11) is 0. The van der Waals surface area contributed by atoms with Crippen LogP contribution in [-0.2, 0) is 16.2 Å². The summed E-state index contributed by atoms with van der Waals surface area (Å²) in [6.07, 6.45) is 1.46. The number of imide groups is 2. The summed E-state index contributed by atoms with van der Waals surface area (Å²) in [5.41, 5.74) is 4.77. The molecule has 1 fully saturated rings. The largest absolute Gasteiger partial charge is 0.490 e. The van der Waals surface area contributed by atoms with Gasteiger partial charge < -0.3 is 9.47 Å². The van der Waals surface area contributed by atoms with Gasteiger partial charge in [0.2, 0.25) is 0 Å². The highest BCUT2D eigenvalue weighted by molar-refractivity contribution is 6.39. The summed E-state index contributed by atoms with van der Waals surface area (Å²) in [6, 6.07) is 22.2. The standard InChI is InChI=1S/C33H30N2O5/c1-5-39-30-18-23(14-16-29(30)40-19-27-21(3)13-15-24-10-6-7-11-25(24)27)17-26-31(36)34-33(38)35(32(26)37)28-12-8-9-20(2)22(28)4/h6-18H,5,19H2,1-4H3,(H,34,36,38)/b26-17+. The van der Waals surface area contributed by atoms with E-state index >= 15 is 0 Å². The third-order valence-electron chi connectivity index (χ3n) is 7.14. The number of benzene rings is 4. The Balaban J connectivity index is 1.45. The Morgan fingerprint density at radius 3 is 2.42 bits per heavy atom. The molecular weight excluding hydrogens is 504 g/mol. The minimum atomic E-state index is -0.775. The molecule has 4 aromatic rings. The molecule has 0 spiro atoms. The van der Waals surface area contributed by atoms with Crippen LogP contribution in [0.1, 0.15) is 34.7 Å². The molecule has 40 heavy (non-hydrogen) atoms. The number of rotatable bonds is 7. The fraction of sp³-hybridized carbons (Fsp3) is 0.182. The lowest BCUT2D eigenvalue weighted by atomic mass is 10.0. The van der Waals surface area contributed by atoms with Gasteiger partial charge in [0.1, 0.15) is 12.2 Å². The molecule has 0 atom stereocenters. The normalized spacial score (nSPS) is 14.6. The summed E-state index contributed by atoms with van der Waals surface area (Å²) in [4.78, 5) is 39.8. The van der Waals surface area contributed by atoms with Crippen molar-refractivity contribution < 1.29 is 23.9 Å². The average Bonchev–Trinajstić information content (AvgIpc) is 2.93. The average molecular weight is 535 g/mol. The van der Waals surface area contributed by atoms with Crippen LogP contribution in [0.3, 0.4) is 0 Å². The van der Waals surface area contributed by atoms with Crippen molar-refractivity contribution in [1.29, 1.82) is 0 Å². The number of anilines is 1. The molecule has 0 radical (unpaired) electrons. The third-order valence-corrected chi connectivity index (χ3v) is 7.14. The van der Waals surface area contributed by atoms with Gasteiger partial charge in [-0.1, -0.05) is 54.6 Å². The smallest absolute Gasteiger partial charge is 0.335 e. The molecule has 0 unspecified atom stereocenters. The molecule has 4 aromatic carbocycles. The minimum absolute atomic E-state index is 0.150. The van der Waals surface area contributed by atoms with Gasteiger partial charge in [0.05, 0.1) is 12.3 Å². The molecule has 202 valence electrons. The van der Waals surface area contributed by atoms with Gasteiger partial charge in [0.25, 0.3) is 11.8 Å². The van der Waals surface area contributed by atoms with Gasteiger partial charge in [-0.3, -0.25) is 14.9 Å². The molecular formula is C33H30N2O5. The Bertz CT molecular complexity index is 1690. The van der Waals surface area contributed by atoms with Crippen LogP contribution < -0.4 is 19.7 Å². The highest BCUT2D eigenvalue weighted by Gasteiger charge is 2.37. The second-order valence-electron chi connectivity index (χ2n) is 9.69. The number of nitrogens with zero attached hydrogens (tertiary/aromatic N) is 1. The summed E-state index contributed by atoms with van der Waals surface area (Å²) in [5.74, 6) is -0.405. The van der Waals surface area contributed by atoms with Crippen LogP contribution in [0.4, 0.5) is 10.5 Å². The molecule has 7 heteroatoms. The van der Waals surface area contributed by atoms with E-state index in [1.54, 1.807) is 30.3 Å². The minimum Gasteiger partial charge on any atom is -0.490 e. The lowest BCUT2D eigenvalue weighted by molar-refractivity contribution is -0.122. The SMILES string of the molecule is CCOc1cc(/C=C2\C(=O)NC(=O)N(c3cccc(C)c3C)C2=O)ccc1OCc1c(C)ccc2ccccc12. The van der Waals surface area contributed by atoms with Gasteiger partial charge in [-0.2, -0.15) is 0 Å². The second kappa shape index (κ2) is 11.1. The second-order valence-corrected chi connectivity index (χ2v) is 9.69. The highest BCUT2D eigenvalue weighted by atomic mass is 16.5. The summed E-state index contributed by atoms with van der Waals surface area (Å²) in [5, 5.41) is 4.56. The van der Waals surface area contributed by atoms with Crippen molar-refractivity contribution >= 4 is 40.4 Å². The first-order valence-corrected chi connectivity index (χ1v) is 13.1. The molecule has 1 aliphatic heterocycles. The number of nitrogens with one attached hydrogen (secondary N) is 1. The monoisotopic (exact) mass is 534 g/mol. The van der Waals surface area contributed by atoms with Crippen molar-refractivity contribution in [3.05, 3.63) is 106 Å². The number of carbonyl (C=O) groups is 3. The fourth-order valence-corrected chi connectivity index (χ4v) is 4.81. The van der Waals surface area contributed by atoms with Gasteiger partial charge in [0.15, 0.2) is 11.5 Å². The van der Waals surface area contributed by atoms with E-state index in [0.29, 0.717) is 36.0 Å². The summed E-state index contributed by atoms with van der Waals surface area (Å²) in [6.45, 7) is 8.41. The van der Waals surface area contributed by atoms with E-state index in [1.807, 2.05) is 39.0 Å². The Hall–Kier alpha value is -4.91. The number of barbiturate groups is 1. The summed E-state index contributed by atoms with van der Waals surface area (Å²) < 4.78 is 12.1. The lowest BCUT2D eigenvalue weighted by Crippen LogP contribution is -2.54. The first-order chi connectivity index (χ1) is 19.3. The maximum absolute atomic E-state index is 13.4. The van der Waals surface area contributed by atoms with E-state index in [2.05, 4.69) is 36.5 Å². The van der Waals surface area contributed by atoms with Crippen LogP contribution in [0, 0.1) is 20.8 Å². The van der Waals surface area contributed by atoms with Crippen molar-refractivity contribution in [2.75, 3.05) is 11.5 Å². The van der Waals surface area contributed by atoms with Gasteiger partial charge in [-0.05, 0) is 85.0 Å². The number of carbonyl (C=O) groups excluding carboxylic acids is 3. The zero-order valence-corrected chi connectivity index (χ0v) is 22.9. The van der Waals surface area contributed by atoms with Gasteiger partial charge in [-0.15, -0.1) is 0 Å². The maximum atomic E-state index is 13.4. The van der Waals surface area contributed by atoms with Gasteiger partial charge in [-0.25, -0.2) is 9.69 Å². The number of amides is 4. The van der Waals surface area contributed by atoms with Crippen LogP contribution >= 0.6 is 0 Å². The van der Waals surface area contributed by atoms with E-state index in [9.17, 15) is 14.4 Å². The van der Waals surface area contributed by atoms with Crippen LogP contribution in [0.15, 0.2) is 78.4 Å². The highest BCUT2D eigenvalue weighted by Crippen LogP contribution is 2.33. The number of ether oxygens (including phenoxy) is 2. The third kappa shape index (κ3) is 5.06. The van der Waals surface area contributed by atoms with Crippen LogP contribution in [0.25, 0.3) is 16.8 Å². The first-order valence-electron chi connectivity index (χ1n) is 13.1. The molecule has 4 amide bonds. The Morgan fingerprint density at radius 1 is 0.825 bits per heavy atom. The Morgan fingerprint density at radius 2 is 1.62 bits per heavy atom. The molecule has 1 aliphatic rings. The van der Waals surface area contributed by atoms with E-state index in [-0.39, 0.29) is 5.57 Å². The number of aryl methyl sites for hydroxylation is 2. The number of hydrogen-bond acceptors (Lipinski definition) is 5. The Labute approximate surface area is 233 Å². The van der Waals surface area contributed by atoms with Crippen molar-refractivity contribution in [2.24, 2.45) is 0 Å². The molecule has 0 saturated carbocycles. The van der Waals surface area contributed by atoms with E-state index < -0.39 is 17.8 Å². The lowest BCUT2D eigenvalue weighted by Gasteiger charge is -2.28. The molecule has 1 heterocycles. The molecule has 5 rings (SSSR count). The van der Waals surface area contributed by atoms with E-state index in [1.165, 1.54) is 6.08 Å². The quantitative estimate of drug-likeness (QED) is 0.219. The first kappa shape index (κ1) is 26.7. The van der Waals surface area contributed by atoms with Crippen molar-refractivity contribution in [3.8, 4) is 11.5 Å². The predicted molar refractivity (Wildman–Crippen MR) is 156 cm³/mol. The molecule has 0 aromatic heterocycles. The Kier molecular flexibility index (Phi) is 7.38. The van der Waals surface area contributed by atoms with Crippen LogP contribution in [-0.4, -0.2) is 24.5 Å². The van der Waals surface area contributed by atoms with Crippen molar-refractivity contribution in [3.63, 3.8) is 0 Å².